The molecule has 2 heterocycles. The monoisotopic (exact) mass is 255 g/mol. The molecule has 1 fully saturated rings. The number of hydrogen-bond donors (Lipinski definition) is 1. The highest BCUT2D eigenvalue weighted by Gasteiger charge is 2.27. The topological polar surface area (TPSA) is 49.8 Å². The van der Waals surface area contributed by atoms with E-state index in [0.29, 0.717) is 26.3 Å². The van der Waals surface area contributed by atoms with Crippen LogP contribution in [0.4, 0.5) is 0 Å². The molecule has 0 radical (unpaired) electrons. The second-order valence-corrected chi connectivity index (χ2v) is 5.16. The van der Waals surface area contributed by atoms with Crippen LogP contribution in [-0.2, 0) is 16.1 Å². The number of nitrogens with zero attached hydrogens (tertiary/aromatic N) is 1. The third-order valence-corrected chi connectivity index (χ3v) is 3.75. The second kappa shape index (κ2) is 6.14. The van der Waals surface area contributed by atoms with Gasteiger partial charge >= 0.3 is 0 Å². The SMILES string of the molecule is O=C([C@@H]1CCOC1)N(CCO)Cc1cccs1. The zero-order valence-electron chi connectivity index (χ0n) is 9.67. The molecule has 1 aliphatic rings. The predicted molar refractivity (Wildman–Crippen MR) is 65.7 cm³/mol. The summed E-state index contributed by atoms with van der Waals surface area (Å²) in [5.74, 6) is 0.0754. The number of thiophene rings is 1. The number of ether oxygens (including phenoxy) is 1. The van der Waals surface area contributed by atoms with Gasteiger partial charge in [-0.05, 0) is 17.9 Å². The summed E-state index contributed by atoms with van der Waals surface area (Å²) in [7, 11) is 0. The largest absolute Gasteiger partial charge is 0.395 e. The molecule has 0 aromatic carbocycles. The summed E-state index contributed by atoms with van der Waals surface area (Å²) in [4.78, 5) is 15.1. The Labute approximate surface area is 105 Å². The molecule has 17 heavy (non-hydrogen) atoms. The summed E-state index contributed by atoms with van der Waals surface area (Å²) in [6.07, 6.45) is 0.797. The van der Waals surface area contributed by atoms with Gasteiger partial charge < -0.3 is 14.7 Å². The van der Waals surface area contributed by atoms with Crippen LogP contribution in [0.15, 0.2) is 17.5 Å². The van der Waals surface area contributed by atoms with Crippen molar-refractivity contribution in [1.82, 2.24) is 4.90 Å². The quantitative estimate of drug-likeness (QED) is 0.857. The van der Waals surface area contributed by atoms with E-state index in [-0.39, 0.29) is 18.4 Å². The molecule has 0 saturated carbocycles. The van der Waals surface area contributed by atoms with E-state index in [0.717, 1.165) is 11.3 Å². The first-order valence-electron chi connectivity index (χ1n) is 5.81. The molecular weight excluding hydrogens is 238 g/mol. The van der Waals surface area contributed by atoms with E-state index in [9.17, 15) is 4.79 Å². The van der Waals surface area contributed by atoms with Gasteiger partial charge in [-0.2, -0.15) is 0 Å². The second-order valence-electron chi connectivity index (χ2n) is 4.12. The minimum absolute atomic E-state index is 0.00466. The number of aliphatic hydroxyl groups excluding tert-OH is 1. The Hall–Kier alpha value is -0.910. The molecule has 1 atom stereocenters. The van der Waals surface area contributed by atoms with E-state index in [1.54, 1.807) is 16.2 Å². The van der Waals surface area contributed by atoms with E-state index < -0.39 is 0 Å². The average molecular weight is 255 g/mol. The van der Waals surface area contributed by atoms with E-state index >= 15 is 0 Å². The zero-order chi connectivity index (χ0) is 12.1. The van der Waals surface area contributed by atoms with E-state index in [1.165, 1.54) is 0 Å². The molecule has 0 aliphatic carbocycles. The highest BCUT2D eigenvalue weighted by Crippen LogP contribution is 2.18. The first kappa shape index (κ1) is 12.5. The van der Waals surface area contributed by atoms with Gasteiger partial charge in [0.2, 0.25) is 5.91 Å². The van der Waals surface area contributed by atoms with Crippen molar-refractivity contribution in [2.45, 2.75) is 13.0 Å². The van der Waals surface area contributed by atoms with E-state index in [4.69, 9.17) is 9.84 Å². The average Bonchev–Trinajstić information content (AvgIpc) is 3.00. The normalized spacial score (nSPS) is 19.5. The molecule has 1 N–H and O–H groups in total. The predicted octanol–water partition coefficient (Wildman–Crippen LogP) is 1.11. The number of carbonyl (C=O) groups excluding carboxylic acids is 1. The fourth-order valence-corrected chi connectivity index (χ4v) is 2.69. The lowest BCUT2D eigenvalue weighted by Crippen LogP contribution is -2.37. The fraction of sp³-hybridized carbons (Fsp3) is 0.583. The maximum absolute atomic E-state index is 12.2. The van der Waals surface area contributed by atoms with Gasteiger partial charge in [0.25, 0.3) is 0 Å². The van der Waals surface area contributed by atoms with Crippen LogP contribution in [0.25, 0.3) is 0 Å². The first-order chi connectivity index (χ1) is 8.31. The maximum Gasteiger partial charge on any atom is 0.228 e. The number of amides is 1. The Kier molecular flexibility index (Phi) is 4.53. The molecule has 1 aromatic heterocycles. The molecule has 5 heteroatoms. The summed E-state index contributed by atoms with van der Waals surface area (Å²) in [5.41, 5.74) is 0. The van der Waals surface area contributed by atoms with Gasteiger partial charge in [-0.1, -0.05) is 6.07 Å². The van der Waals surface area contributed by atoms with Gasteiger partial charge in [-0.25, -0.2) is 0 Å². The van der Waals surface area contributed by atoms with Crippen molar-refractivity contribution in [2.24, 2.45) is 5.92 Å². The molecule has 94 valence electrons. The lowest BCUT2D eigenvalue weighted by molar-refractivity contribution is -0.136. The first-order valence-corrected chi connectivity index (χ1v) is 6.69. The highest BCUT2D eigenvalue weighted by atomic mass is 32.1. The Morgan fingerprint density at radius 2 is 2.53 bits per heavy atom. The minimum Gasteiger partial charge on any atom is -0.395 e. The molecule has 4 nitrogen and oxygen atoms in total. The van der Waals surface area contributed by atoms with Crippen LogP contribution >= 0.6 is 11.3 Å². The van der Waals surface area contributed by atoms with Crippen LogP contribution < -0.4 is 0 Å². The third-order valence-electron chi connectivity index (χ3n) is 2.89. The molecule has 0 bridgehead atoms. The summed E-state index contributed by atoms with van der Waals surface area (Å²) in [5, 5.41) is 11.0. The van der Waals surface area contributed by atoms with Crippen molar-refractivity contribution in [3.05, 3.63) is 22.4 Å². The maximum atomic E-state index is 12.2. The number of rotatable bonds is 5. The van der Waals surface area contributed by atoms with Crippen molar-refractivity contribution in [2.75, 3.05) is 26.4 Å². The van der Waals surface area contributed by atoms with E-state index in [2.05, 4.69) is 0 Å². The number of hydrogen-bond acceptors (Lipinski definition) is 4. The molecule has 1 amide bonds. The Morgan fingerprint density at radius 1 is 1.65 bits per heavy atom. The van der Waals surface area contributed by atoms with Crippen LogP contribution in [0, 0.1) is 5.92 Å². The lowest BCUT2D eigenvalue weighted by atomic mass is 10.1. The van der Waals surface area contributed by atoms with Crippen LogP contribution in [0.3, 0.4) is 0 Å². The number of aliphatic hydroxyl groups is 1. The van der Waals surface area contributed by atoms with Crippen molar-refractivity contribution in [3.8, 4) is 0 Å². The molecule has 0 spiro atoms. The highest BCUT2D eigenvalue weighted by molar-refractivity contribution is 7.09. The molecular formula is C12H17NO3S. The van der Waals surface area contributed by atoms with Gasteiger partial charge in [0.05, 0.1) is 25.7 Å². The van der Waals surface area contributed by atoms with Gasteiger partial charge in [-0.3, -0.25) is 4.79 Å². The van der Waals surface area contributed by atoms with Gasteiger partial charge in [0.15, 0.2) is 0 Å². The van der Waals surface area contributed by atoms with Crippen LogP contribution in [0.2, 0.25) is 0 Å². The van der Waals surface area contributed by atoms with Gasteiger partial charge in [0, 0.05) is 18.0 Å². The number of carbonyl (C=O) groups is 1. The summed E-state index contributed by atoms with van der Waals surface area (Å²) < 4.78 is 5.23. The molecule has 1 aliphatic heterocycles. The minimum atomic E-state index is -0.0264. The molecule has 1 aromatic rings. The van der Waals surface area contributed by atoms with Crippen LogP contribution in [0.5, 0.6) is 0 Å². The standard InChI is InChI=1S/C12H17NO3S/c14-5-4-13(8-11-2-1-7-17-11)12(15)10-3-6-16-9-10/h1-2,7,10,14H,3-6,8-9H2/t10-/m1/s1. The molecule has 0 unspecified atom stereocenters. The molecule has 1 saturated heterocycles. The van der Waals surface area contributed by atoms with Crippen molar-refractivity contribution in [1.29, 1.82) is 0 Å². The molecule has 2 rings (SSSR count). The van der Waals surface area contributed by atoms with Gasteiger partial charge in [0.1, 0.15) is 0 Å². The van der Waals surface area contributed by atoms with E-state index in [1.807, 2.05) is 17.5 Å². The fourth-order valence-electron chi connectivity index (χ4n) is 1.97. The Bertz CT molecular complexity index is 347. The zero-order valence-corrected chi connectivity index (χ0v) is 10.5. The third kappa shape index (κ3) is 3.28. The Balaban J connectivity index is 1.97. The summed E-state index contributed by atoms with van der Waals surface area (Å²) >= 11 is 1.63. The van der Waals surface area contributed by atoms with Crippen molar-refractivity contribution in [3.63, 3.8) is 0 Å². The van der Waals surface area contributed by atoms with Crippen molar-refractivity contribution < 1.29 is 14.6 Å². The van der Waals surface area contributed by atoms with Crippen LogP contribution in [0.1, 0.15) is 11.3 Å². The van der Waals surface area contributed by atoms with Gasteiger partial charge in [-0.15, -0.1) is 11.3 Å². The summed E-state index contributed by atoms with van der Waals surface area (Å²) in [6, 6.07) is 3.98. The summed E-state index contributed by atoms with van der Waals surface area (Å²) in [6.45, 7) is 2.18. The Morgan fingerprint density at radius 3 is 3.12 bits per heavy atom. The van der Waals surface area contributed by atoms with Crippen LogP contribution in [-0.4, -0.2) is 42.3 Å². The van der Waals surface area contributed by atoms with Crippen molar-refractivity contribution >= 4 is 17.2 Å². The lowest BCUT2D eigenvalue weighted by Gasteiger charge is -2.23. The smallest absolute Gasteiger partial charge is 0.228 e.